The largest absolute Gasteiger partial charge is 0.496 e. The van der Waals surface area contributed by atoms with E-state index in [-0.39, 0.29) is 0 Å². The lowest BCUT2D eigenvalue weighted by atomic mass is 10.1. The van der Waals surface area contributed by atoms with Gasteiger partial charge in [-0.1, -0.05) is 18.2 Å². The first-order chi connectivity index (χ1) is 14.5. The summed E-state index contributed by atoms with van der Waals surface area (Å²) in [5, 5.41) is 2.08. The van der Waals surface area contributed by atoms with Gasteiger partial charge >= 0.3 is 0 Å². The van der Waals surface area contributed by atoms with Crippen molar-refractivity contribution in [3.63, 3.8) is 0 Å². The fourth-order valence-electron chi connectivity index (χ4n) is 4.02. The molecule has 0 saturated carbocycles. The lowest BCUT2D eigenvalue weighted by molar-refractivity contribution is 0.318. The monoisotopic (exact) mass is 440 g/mol. The minimum Gasteiger partial charge on any atom is -0.496 e. The normalized spacial score (nSPS) is 15.2. The average Bonchev–Trinajstić information content (AvgIpc) is 3.20. The van der Waals surface area contributed by atoms with E-state index < -0.39 is 10.8 Å². The minimum atomic E-state index is -1.13. The van der Waals surface area contributed by atoms with Gasteiger partial charge in [0, 0.05) is 13.1 Å². The van der Waals surface area contributed by atoms with E-state index in [2.05, 4.69) is 48.2 Å². The third-order valence-electron chi connectivity index (χ3n) is 5.75. The van der Waals surface area contributed by atoms with E-state index >= 15 is 0 Å². The second kappa shape index (κ2) is 8.92. The van der Waals surface area contributed by atoms with Crippen molar-refractivity contribution in [3.8, 4) is 5.75 Å². The number of hydrogen-bond donors (Lipinski definition) is 0. The highest BCUT2D eigenvalue weighted by molar-refractivity contribution is 7.85. The molecule has 4 nitrogen and oxygen atoms in total. The Kier molecular flexibility index (Phi) is 6.27. The fraction of sp³-hybridized carbons (Fsp3) is 0.333. The van der Waals surface area contributed by atoms with Crippen molar-refractivity contribution in [2.45, 2.75) is 36.6 Å². The van der Waals surface area contributed by atoms with E-state index in [0.717, 1.165) is 53.0 Å². The number of aryl methyl sites for hydroxylation is 1. The molecule has 0 fully saturated rings. The smallest absolute Gasteiger partial charge is 0.134 e. The SMILES string of the molecule is COc1ccsc1CN(C)CCCN1c2ccccc2S(=O)c2ccc(C)c(C)c21. The van der Waals surface area contributed by atoms with Crippen LogP contribution >= 0.6 is 11.3 Å². The highest BCUT2D eigenvalue weighted by Crippen LogP contribution is 2.44. The van der Waals surface area contributed by atoms with E-state index in [9.17, 15) is 4.21 Å². The first kappa shape index (κ1) is 21.1. The number of thiophene rings is 1. The van der Waals surface area contributed by atoms with Gasteiger partial charge in [-0.15, -0.1) is 11.3 Å². The van der Waals surface area contributed by atoms with E-state index in [4.69, 9.17) is 4.74 Å². The van der Waals surface area contributed by atoms with Crippen LogP contribution in [-0.2, 0) is 17.3 Å². The summed E-state index contributed by atoms with van der Waals surface area (Å²) in [5.74, 6) is 0.972. The summed E-state index contributed by atoms with van der Waals surface area (Å²) in [7, 11) is 2.75. The molecule has 158 valence electrons. The predicted molar refractivity (Wildman–Crippen MR) is 126 cm³/mol. The zero-order chi connectivity index (χ0) is 21.3. The molecule has 0 radical (unpaired) electrons. The number of fused-ring (bicyclic) bond motifs is 2. The maximum Gasteiger partial charge on any atom is 0.134 e. The molecule has 0 saturated heterocycles. The molecule has 1 aliphatic heterocycles. The minimum absolute atomic E-state index is 0.885. The molecule has 1 unspecified atom stereocenters. The molecule has 2 heterocycles. The van der Waals surface area contributed by atoms with Crippen molar-refractivity contribution in [1.29, 1.82) is 0 Å². The zero-order valence-electron chi connectivity index (χ0n) is 18.0. The Labute approximate surface area is 185 Å². The van der Waals surface area contributed by atoms with Gasteiger partial charge in [0.15, 0.2) is 0 Å². The summed E-state index contributed by atoms with van der Waals surface area (Å²) in [6.45, 7) is 7.01. The van der Waals surface area contributed by atoms with E-state index in [1.54, 1.807) is 18.4 Å². The molecule has 1 aromatic heterocycles. The Balaban J connectivity index is 1.53. The van der Waals surface area contributed by atoms with Crippen molar-refractivity contribution in [3.05, 3.63) is 63.8 Å². The van der Waals surface area contributed by atoms with Crippen molar-refractivity contribution in [1.82, 2.24) is 4.90 Å². The Morgan fingerprint density at radius 1 is 1.10 bits per heavy atom. The molecule has 3 aromatic rings. The van der Waals surface area contributed by atoms with Crippen LogP contribution in [0.2, 0.25) is 0 Å². The van der Waals surface area contributed by atoms with Gasteiger partial charge in [-0.2, -0.15) is 0 Å². The first-order valence-corrected chi connectivity index (χ1v) is 12.2. The van der Waals surface area contributed by atoms with E-state index in [1.165, 1.54) is 16.0 Å². The van der Waals surface area contributed by atoms with E-state index in [0.29, 0.717) is 0 Å². The van der Waals surface area contributed by atoms with Crippen LogP contribution in [0.25, 0.3) is 0 Å². The highest BCUT2D eigenvalue weighted by Gasteiger charge is 2.29. The third-order valence-corrected chi connectivity index (χ3v) is 8.11. The summed E-state index contributed by atoms with van der Waals surface area (Å²) >= 11 is 1.74. The molecule has 1 atom stereocenters. The van der Waals surface area contributed by atoms with Crippen molar-refractivity contribution < 1.29 is 8.95 Å². The van der Waals surface area contributed by atoms with Crippen LogP contribution in [0.5, 0.6) is 5.75 Å². The number of hydrogen-bond acceptors (Lipinski definition) is 5. The van der Waals surface area contributed by atoms with Gasteiger partial charge in [-0.3, -0.25) is 0 Å². The number of para-hydroxylation sites is 1. The molecule has 0 bridgehead atoms. The molecular weight excluding hydrogens is 412 g/mol. The van der Waals surface area contributed by atoms with Gasteiger partial charge < -0.3 is 14.5 Å². The van der Waals surface area contributed by atoms with Crippen LogP contribution in [0, 0.1) is 13.8 Å². The molecule has 0 amide bonds. The van der Waals surface area contributed by atoms with Gasteiger partial charge in [0.1, 0.15) is 5.75 Å². The number of anilines is 2. The van der Waals surface area contributed by atoms with Crippen LogP contribution in [0.1, 0.15) is 22.4 Å². The van der Waals surface area contributed by atoms with Crippen LogP contribution in [-0.4, -0.2) is 36.4 Å². The van der Waals surface area contributed by atoms with Crippen LogP contribution in [0.15, 0.2) is 57.6 Å². The van der Waals surface area contributed by atoms with Crippen LogP contribution in [0.4, 0.5) is 11.4 Å². The molecule has 6 heteroatoms. The zero-order valence-corrected chi connectivity index (χ0v) is 19.6. The van der Waals surface area contributed by atoms with Gasteiger partial charge in [-0.25, -0.2) is 4.21 Å². The van der Waals surface area contributed by atoms with Gasteiger partial charge in [0.25, 0.3) is 0 Å². The Morgan fingerprint density at radius 3 is 2.70 bits per heavy atom. The maximum absolute atomic E-state index is 13.2. The Bertz CT molecular complexity index is 1080. The molecule has 0 spiro atoms. The van der Waals surface area contributed by atoms with Crippen LogP contribution in [0.3, 0.4) is 0 Å². The summed E-state index contributed by atoms with van der Waals surface area (Å²) < 4.78 is 18.6. The average molecular weight is 441 g/mol. The molecule has 0 N–H and O–H groups in total. The molecule has 0 aliphatic carbocycles. The summed E-state index contributed by atoms with van der Waals surface area (Å²) in [6.07, 6.45) is 1.01. The lowest BCUT2D eigenvalue weighted by Crippen LogP contribution is -2.29. The number of methoxy groups -OCH3 is 1. The molecule has 30 heavy (non-hydrogen) atoms. The summed E-state index contributed by atoms with van der Waals surface area (Å²) in [6, 6.07) is 14.2. The Hall–Kier alpha value is -2.15. The lowest BCUT2D eigenvalue weighted by Gasteiger charge is -2.35. The van der Waals surface area contributed by atoms with Gasteiger partial charge in [0.2, 0.25) is 0 Å². The second-order valence-electron chi connectivity index (χ2n) is 7.75. The number of rotatable bonds is 7. The fourth-order valence-corrected chi connectivity index (χ4v) is 6.37. The molecule has 2 aromatic carbocycles. The van der Waals surface area contributed by atoms with Crippen LogP contribution < -0.4 is 9.64 Å². The highest BCUT2D eigenvalue weighted by atomic mass is 32.2. The van der Waals surface area contributed by atoms with Crippen molar-refractivity contribution in [2.75, 3.05) is 32.1 Å². The Morgan fingerprint density at radius 2 is 1.90 bits per heavy atom. The molecule has 1 aliphatic rings. The predicted octanol–water partition coefficient (Wildman–Crippen LogP) is 5.51. The standard InChI is InChI=1S/C24H28N2O2S2/c1-17-10-11-23-24(18(17)2)26(19-8-5-6-9-22(19)30(23)27)14-7-13-25(3)16-21-20(28-4)12-15-29-21/h5-6,8-12,15H,7,13-14,16H2,1-4H3. The van der Waals surface area contributed by atoms with Crippen molar-refractivity contribution >= 4 is 33.5 Å². The number of benzene rings is 2. The third kappa shape index (κ3) is 3.92. The quantitative estimate of drug-likeness (QED) is 0.485. The first-order valence-electron chi connectivity index (χ1n) is 10.2. The summed E-state index contributed by atoms with van der Waals surface area (Å²) in [5.41, 5.74) is 4.64. The van der Waals surface area contributed by atoms with Crippen molar-refractivity contribution in [2.24, 2.45) is 0 Å². The molecule has 4 rings (SSSR count). The summed E-state index contributed by atoms with van der Waals surface area (Å²) in [4.78, 5) is 7.80. The number of nitrogens with zero attached hydrogens (tertiary/aromatic N) is 2. The topological polar surface area (TPSA) is 32.8 Å². The number of ether oxygens (including phenoxy) is 1. The second-order valence-corrected chi connectivity index (χ2v) is 10.2. The van der Waals surface area contributed by atoms with Gasteiger partial charge in [0.05, 0.1) is 44.0 Å². The van der Waals surface area contributed by atoms with Gasteiger partial charge in [-0.05, 0) is 74.6 Å². The maximum atomic E-state index is 13.2. The molecular formula is C24H28N2O2S2. The van der Waals surface area contributed by atoms with E-state index in [1.807, 2.05) is 30.3 Å².